The molecular weight excluding hydrogens is 372 g/mol. The number of hydrogen-bond acceptors (Lipinski definition) is 3. The predicted octanol–water partition coefficient (Wildman–Crippen LogP) is 4.42. The van der Waals surface area contributed by atoms with E-state index in [4.69, 9.17) is 0 Å². The van der Waals surface area contributed by atoms with E-state index in [0.717, 1.165) is 24.8 Å². The fourth-order valence-corrected chi connectivity index (χ4v) is 4.25. The highest BCUT2D eigenvalue weighted by atomic mass is 32.2. The number of hydrogen-bond donors (Lipinski definition) is 2. The smallest absolute Gasteiger partial charge is 0.261 e. The Labute approximate surface area is 166 Å². The van der Waals surface area contributed by atoms with Crippen LogP contribution in [-0.2, 0) is 10.0 Å². The summed E-state index contributed by atoms with van der Waals surface area (Å²) in [4.78, 5) is 12.4. The third-order valence-corrected chi connectivity index (χ3v) is 6.24. The quantitative estimate of drug-likeness (QED) is 0.678. The van der Waals surface area contributed by atoms with Crippen LogP contribution in [0.5, 0.6) is 0 Å². The van der Waals surface area contributed by atoms with Gasteiger partial charge in [0.2, 0.25) is 0 Å². The second-order valence-electron chi connectivity index (χ2n) is 7.11. The van der Waals surface area contributed by atoms with Crippen molar-refractivity contribution in [2.45, 2.75) is 43.9 Å². The van der Waals surface area contributed by atoms with Crippen LogP contribution in [0.25, 0.3) is 0 Å². The predicted molar refractivity (Wildman–Crippen MR) is 112 cm³/mol. The molecule has 0 saturated carbocycles. The molecule has 0 atom stereocenters. The fraction of sp³-hybridized carbons (Fsp3) is 0.318. The molecule has 2 aromatic rings. The Hall–Kier alpha value is -2.60. The van der Waals surface area contributed by atoms with Gasteiger partial charge in [0.1, 0.15) is 0 Å². The molecule has 28 heavy (non-hydrogen) atoms. The first-order valence-electron chi connectivity index (χ1n) is 9.60. The van der Waals surface area contributed by atoms with Gasteiger partial charge in [-0.2, -0.15) is 0 Å². The minimum Gasteiger partial charge on any atom is -0.352 e. The van der Waals surface area contributed by atoms with Crippen molar-refractivity contribution < 1.29 is 13.2 Å². The Balaban J connectivity index is 1.57. The topological polar surface area (TPSA) is 75.3 Å². The lowest BCUT2D eigenvalue weighted by Crippen LogP contribution is -2.25. The average Bonchev–Trinajstić information content (AvgIpc) is 2.70. The van der Waals surface area contributed by atoms with Gasteiger partial charge in [0.15, 0.2) is 0 Å². The summed E-state index contributed by atoms with van der Waals surface area (Å²) in [6, 6.07) is 13.1. The van der Waals surface area contributed by atoms with Crippen LogP contribution >= 0.6 is 0 Å². The van der Waals surface area contributed by atoms with Gasteiger partial charge in [-0.25, -0.2) is 8.42 Å². The van der Waals surface area contributed by atoms with Crippen LogP contribution in [-0.4, -0.2) is 20.9 Å². The summed E-state index contributed by atoms with van der Waals surface area (Å²) in [6.45, 7) is 2.54. The Morgan fingerprint density at radius 3 is 2.36 bits per heavy atom. The SMILES string of the molecule is Cc1ccc(NS(=O)(=O)c2ccc(C(=O)NCCC3=CCCCC3)cc2)cc1. The molecule has 6 heteroatoms. The summed E-state index contributed by atoms with van der Waals surface area (Å²) in [6.07, 6.45) is 7.89. The summed E-state index contributed by atoms with van der Waals surface area (Å²) in [7, 11) is -3.69. The number of allylic oxidation sites excluding steroid dienone is 1. The molecule has 0 aromatic heterocycles. The number of carbonyl (C=O) groups excluding carboxylic acids is 1. The van der Waals surface area contributed by atoms with Gasteiger partial charge in [-0.1, -0.05) is 29.3 Å². The van der Waals surface area contributed by atoms with Crippen LogP contribution in [0.1, 0.15) is 48.0 Å². The molecule has 0 radical (unpaired) electrons. The second kappa shape index (κ2) is 9.06. The van der Waals surface area contributed by atoms with Gasteiger partial charge < -0.3 is 5.32 Å². The van der Waals surface area contributed by atoms with Gasteiger partial charge in [0, 0.05) is 17.8 Å². The second-order valence-corrected chi connectivity index (χ2v) is 8.79. The number of anilines is 1. The van der Waals surface area contributed by atoms with Crippen LogP contribution in [0.4, 0.5) is 5.69 Å². The number of rotatable bonds is 7. The fourth-order valence-electron chi connectivity index (χ4n) is 3.19. The van der Waals surface area contributed by atoms with Crippen molar-refractivity contribution >= 4 is 21.6 Å². The molecule has 0 heterocycles. The third kappa shape index (κ3) is 5.45. The maximum Gasteiger partial charge on any atom is 0.261 e. The molecule has 2 N–H and O–H groups in total. The normalized spacial score (nSPS) is 14.2. The van der Waals surface area contributed by atoms with E-state index in [9.17, 15) is 13.2 Å². The molecule has 3 rings (SSSR count). The van der Waals surface area contributed by atoms with Crippen LogP contribution < -0.4 is 10.0 Å². The molecule has 5 nitrogen and oxygen atoms in total. The summed E-state index contributed by atoms with van der Waals surface area (Å²) in [5.74, 6) is -0.188. The van der Waals surface area contributed by atoms with Crippen molar-refractivity contribution in [3.05, 3.63) is 71.3 Å². The lowest BCUT2D eigenvalue weighted by atomic mass is 9.97. The number of amides is 1. The number of carbonyl (C=O) groups is 1. The monoisotopic (exact) mass is 398 g/mol. The van der Waals surface area contributed by atoms with Gasteiger partial charge in [0.25, 0.3) is 15.9 Å². The van der Waals surface area contributed by atoms with E-state index < -0.39 is 10.0 Å². The van der Waals surface area contributed by atoms with Crippen molar-refractivity contribution in [3.63, 3.8) is 0 Å². The molecule has 0 bridgehead atoms. The first-order valence-corrected chi connectivity index (χ1v) is 11.1. The van der Waals surface area contributed by atoms with E-state index >= 15 is 0 Å². The first kappa shape index (κ1) is 20.1. The molecule has 0 unspecified atom stereocenters. The molecule has 1 aliphatic carbocycles. The van der Waals surface area contributed by atoms with E-state index in [-0.39, 0.29) is 10.8 Å². The van der Waals surface area contributed by atoms with E-state index in [0.29, 0.717) is 17.8 Å². The van der Waals surface area contributed by atoms with E-state index in [1.807, 2.05) is 19.1 Å². The van der Waals surface area contributed by atoms with E-state index in [2.05, 4.69) is 16.1 Å². The number of nitrogens with one attached hydrogen (secondary N) is 2. The molecule has 0 spiro atoms. The summed E-state index contributed by atoms with van der Waals surface area (Å²) < 4.78 is 27.5. The van der Waals surface area contributed by atoms with Gasteiger partial charge in [-0.05, 0) is 75.4 Å². The zero-order chi connectivity index (χ0) is 20.0. The Bertz CT molecular complexity index is 946. The highest BCUT2D eigenvalue weighted by molar-refractivity contribution is 7.92. The Kier molecular flexibility index (Phi) is 6.52. The summed E-state index contributed by atoms with van der Waals surface area (Å²) >= 11 is 0. The first-order chi connectivity index (χ1) is 13.4. The van der Waals surface area contributed by atoms with Crippen LogP contribution in [0.3, 0.4) is 0 Å². The largest absolute Gasteiger partial charge is 0.352 e. The lowest BCUT2D eigenvalue weighted by Gasteiger charge is -2.13. The lowest BCUT2D eigenvalue weighted by molar-refractivity contribution is 0.0954. The van der Waals surface area contributed by atoms with Gasteiger partial charge in [0.05, 0.1) is 4.90 Å². The molecule has 2 aromatic carbocycles. The number of aryl methyl sites for hydroxylation is 1. The minimum atomic E-state index is -3.69. The highest BCUT2D eigenvalue weighted by Crippen LogP contribution is 2.20. The average molecular weight is 399 g/mol. The number of benzene rings is 2. The number of sulfonamides is 1. The van der Waals surface area contributed by atoms with Gasteiger partial charge in [-0.15, -0.1) is 0 Å². The Morgan fingerprint density at radius 2 is 1.71 bits per heavy atom. The van der Waals surface area contributed by atoms with Crippen LogP contribution in [0.15, 0.2) is 65.1 Å². The summed E-state index contributed by atoms with van der Waals surface area (Å²) in [5.41, 5.74) is 3.42. The van der Waals surface area contributed by atoms with Crippen LogP contribution in [0, 0.1) is 6.92 Å². The maximum atomic E-state index is 12.5. The maximum absolute atomic E-state index is 12.5. The van der Waals surface area contributed by atoms with Gasteiger partial charge in [-0.3, -0.25) is 9.52 Å². The Morgan fingerprint density at radius 1 is 1.00 bits per heavy atom. The zero-order valence-corrected chi connectivity index (χ0v) is 16.9. The van der Waals surface area contributed by atoms with Gasteiger partial charge >= 0.3 is 0 Å². The molecule has 1 amide bonds. The van der Waals surface area contributed by atoms with Crippen molar-refractivity contribution in [1.82, 2.24) is 5.32 Å². The van der Waals surface area contributed by atoms with Crippen molar-refractivity contribution in [2.24, 2.45) is 0 Å². The van der Waals surface area contributed by atoms with Crippen molar-refractivity contribution in [3.8, 4) is 0 Å². The standard InChI is InChI=1S/C22H26N2O3S/c1-17-7-11-20(12-8-17)24-28(26,27)21-13-9-19(10-14-21)22(25)23-16-15-18-5-3-2-4-6-18/h5,7-14,24H,2-4,6,15-16H2,1H3,(H,23,25). The van der Waals surface area contributed by atoms with E-state index in [1.54, 1.807) is 24.3 Å². The molecule has 1 aliphatic rings. The molecule has 0 saturated heterocycles. The van der Waals surface area contributed by atoms with Crippen LogP contribution in [0.2, 0.25) is 0 Å². The molecule has 0 fully saturated rings. The zero-order valence-electron chi connectivity index (χ0n) is 16.1. The third-order valence-electron chi connectivity index (χ3n) is 4.85. The van der Waals surface area contributed by atoms with Crippen molar-refractivity contribution in [1.29, 1.82) is 0 Å². The minimum absolute atomic E-state index is 0.122. The molecular formula is C22H26N2O3S. The van der Waals surface area contributed by atoms with Crippen molar-refractivity contribution in [2.75, 3.05) is 11.3 Å². The molecule has 0 aliphatic heterocycles. The summed E-state index contributed by atoms with van der Waals surface area (Å²) in [5, 5.41) is 2.90. The van der Waals surface area contributed by atoms with E-state index in [1.165, 1.54) is 30.5 Å². The highest BCUT2D eigenvalue weighted by Gasteiger charge is 2.15. The molecule has 148 valence electrons.